The maximum Gasteiger partial charge on any atom is 0.251 e. The van der Waals surface area contributed by atoms with Crippen LogP contribution in [0.1, 0.15) is 30.6 Å². The Morgan fingerprint density at radius 1 is 1.37 bits per heavy atom. The normalized spacial score (nSPS) is 12.3. The van der Waals surface area contributed by atoms with Crippen molar-refractivity contribution < 1.29 is 4.79 Å². The second-order valence-corrected chi connectivity index (χ2v) is 5.54. The molecule has 0 saturated carbocycles. The average molecular weight is 263 g/mol. The minimum absolute atomic E-state index is 0.0148. The van der Waals surface area contributed by atoms with Crippen molar-refractivity contribution in [2.24, 2.45) is 11.7 Å². The number of amides is 1. The van der Waals surface area contributed by atoms with E-state index in [1.807, 2.05) is 43.3 Å². The zero-order valence-electron chi connectivity index (χ0n) is 12.3. The molecule has 0 aliphatic heterocycles. The topological polar surface area (TPSA) is 58.4 Å². The molecule has 0 aliphatic rings. The van der Waals surface area contributed by atoms with Crippen molar-refractivity contribution in [3.8, 4) is 0 Å². The van der Waals surface area contributed by atoms with Gasteiger partial charge in [-0.25, -0.2) is 0 Å². The molecule has 19 heavy (non-hydrogen) atoms. The van der Waals surface area contributed by atoms with Crippen LogP contribution in [0.5, 0.6) is 0 Å². The predicted molar refractivity (Wildman–Crippen MR) is 80.5 cm³/mol. The summed E-state index contributed by atoms with van der Waals surface area (Å²) in [6, 6.07) is 7.57. The Morgan fingerprint density at radius 3 is 2.63 bits per heavy atom. The summed E-state index contributed by atoms with van der Waals surface area (Å²) in [5.41, 5.74) is 7.64. The Bertz CT molecular complexity index is 416. The van der Waals surface area contributed by atoms with Gasteiger partial charge in [0.25, 0.3) is 5.91 Å². The second-order valence-electron chi connectivity index (χ2n) is 5.54. The lowest BCUT2D eigenvalue weighted by molar-refractivity contribution is 0.0950. The van der Waals surface area contributed by atoms with E-state index in [0.717, 1.165) is 12.1 Å². The summed E-state index contributed by atoms with van der Waals surface area (Å²) in [6.07, 6.45) is 0.915. The third-order valence-electron chi connectivity index (χ3n) is 2.92. The van der Waals surface area contributed by atoms with E-state index in [0.29, 0.717) is 18.0 Å². The average Bonchev–Trinajstić information content (AvgIpc) is 2.35. The van der Waals surface area contributed by atoms with Crippen LogP contribution in [-0.4, -0.2) is 32.6 Å². The number of carbonyl (C=O) groups excluding carboxylic acids is 1. The quantitative estimate of drug-likeness (QED) is 0.823. The standard InChI is InChI=1S/C15H25N3O/c1-11(2)8-13(16)10-17-15(19)12-6-5-7-14(9-12)18(3)4/h5-7,9,11,13H,8,10,16H2,1-4H3,(H,17,19). The summed E-state index contributed by atoms with van der Waals surface area (Å²) in [4.78, 5) is 14.0. The largest absolute Gasteiger partial charge is 0.378 e. The molecule has 0 aromatic heterocycles. The molecular weight excluding hydrogens is 238 g/mol. The predicted octanol–water partition coefficient (Wildman–Crippen LogP) is 1.86. The third kappa shape index (κ3) is 5.30. The summed E-state index contributed by atoms with van der Waals surface area (Å²) in [5.74, 6) is 0.479. The number of nitrogens with zero attached hydrogens (tertiary/aromatic N) is 1. The first-order valence-electron chi connectivity index (χ1n) is 6.71. The molecule has 0 bridgehead atoms. The molecule has 1 unspecified atom stereocenters. The highest BCUT2D eigenvalue weighted by atomic mass is 16.1. The summed E-state index contributed by atoms with van der Waals surface area (Å²) in [5, 5.41) is 2.89. The Hall–Kier alpha value is -1.55. The van der Waals surface area contributed by atoms with Gasteiger partial charge in [-0.15, -0.1) is 0 Å². The molecule has 1 aromatic rings. The van der Waals surface area contributed by atoms with Crippen molar-refractivity contribution in [2.75, 3.05) is 25.5 Å². The first-order chi connectivity index (χ1) is 8.90. The first-order valence-corrected chi connectivity index (χ1v) is 6.71. The van der Waals surface area contributed by atoms with Crippen molar-refractivity contribution in [1.29, 1.82) is 0 Å². The molecule has 3 N–H and O–H groups in total. The van der Waals surface area contributed by atoms with Crippen LogP contribution in [0.2, 0.25) is 0 Å². The highest BCUT2D eigenvalue weighted by Crippen LogP contribution is 2.13. The van der Waals surface area contributed by atoms with Gasteiger partial charge in [-0.3, -0.25) is 4.79 Å². The monoisotopic (exact) mass is 263 g/mol. The smallest absolute Gasteiger partial charge is 0.251 e. The van der Waals surface area contributed by atoms with E-state index in [2.05, 4.69) is 19.2 Å². The second kappa shape index (κ2) is 7.14. The van der Waals surface area contributed by atoms with Crippen LogP contribution < -0.4 is 16.0 Å². The summed E-state index contributed by atoms with van der Waals surface area (Å²) in [6.45, 7) is 4.77. The highest BCUT2D eigenvalue weighted by Gasteiger charge is 2.10. The van der Waals surface area contributed by atoms with Gasteiger partial charge in [-0.05, 0) is 30.5 Å². The van der Waals surface area contributed by atoms with Crippen LogP contribution in [0.4, 0.5) is 5.69 Å². The molecule has 4 nitrogen and oxygen atoms in total. The fourth-order valence-corrected chi connectivity index (χ4v) is 1.94. The maximum absolute atomic E-state index is 12.0. The van der Waals surface area contributed by atoms with Crippen LogP contribution in [0.15, 0.2) is 24.3 Å². The fraction of sp³-hybridized carbons (Fsp3) is 0.533. The third-order valence-corrected chi connectivity index (χ3v) is 2.92. The SMILES string of the molecule is CC(C)CC(N)CNC(=O)c1cccc(N(C)C)c1. The number of nitrogens with one attached hydrogen (secondary N) is 1. The number of hydrogen-bond acceptors (Lipinski definition) is 3. The van der Waals surface area contributed by atoms with Crippen LogP contribution in [0, 0.1) is 5.92 Å². The highest BCUT2D eigenvalue weighted by molar-refractivity contribution is 5.95. The summed E-state index contributed by atoms with van der Waals surface area (Å²) >= 11 is 0. The molecule has 1 rings (SSSR count). The molecule has 0 fully saturated rings. The first kappa shape index (κ1) is 15.5. The van der Waals surface area contributed by atoms with E-state index in [9.17, 15) is 4.79 Å². The van der Waals surface area contributed by atoms with Crippen LogP contribution >= 0.6 is 0 Å². The number of benzene rings is 1. The van der Waals surface area contributed by atoms with Gasteiger partial charge in [0, 0.05) is 37.9 Å². The Kier molecular flexibility index (Phi) is 5.83. The Morgan fingerprint density at radius 2 is 2.05 bits per heavy atom. The van der Waals surface area contributed by atoms with E-state index in [1.54, 1.807) is 0 Å². The molecule has 0 radical (unpaired) electrons. The van der Waals surface area contributed by atoms with E-state index in [4.69, 9.17) is 5.73 Å². The Labute approximate surface area is 116 Å². The number of carbonyl (C=O) groups is 1. The maximum atomic E-state index is 12.0. The lowest BCUT2D eigenvalue weighted by Gasteiger charge is -2.16. The number of anilines is 1. The molecular formula is C15H25N3O. The van der Waals surface area contributed by atoms with E-state index >= 15 is 0 Å². The van der Waals surface area contributed by atoms with E-state index < -0.39 is 0 Å². The van der Waals surface area contributed by atoms with E-state index in [-0.39, 0.29) is 11.9 Å². The minimum atomic E-state index is -0.0668. The molecule has 4 heteroatoms. The van der Waals surface area contributed by atoms with Crippen molar-refractivity contribution in [3.05, 3.63) is 29.8 Å². The van der Waals surface area contributed by atoms with Crippen LogP contribution in [0.25, 0.3) is 0 Å². The van der Waals surface area contributed by atoms with Crippen molar-refractivity contribution in [2.45, 2.75) is 26.3 Å². The lowest BCUT2D eigenvalue weighted by atomic mass is 10.0. The van der Waals surface area contributed by atoms with Crippen molar-refractivity contribution in [1.82, 2.24) is 5.32 Å². The molecule has 0 heterocycles. The van der Waals surface area contributed by atoms with Gasteiger partial charge in [-0.2, -0.15) is 0 Å². The molecule has 1 aromatic carbocycles. The molecule has 1 atom stereocenters. The van der Waals surface area contributed by atoms with Gasteiger partial charge in [-0.1, -0.05) is 19.9 Å². The molecule has 0 saturated heterocycles. The van der Waals surface area contributed by atoms with Gasteiger partial charge in [0.15, 0.2) is 0 Å². The van der Waals surface area contributed by atoms with E-state index in [1.165, 1.54) is 0 Å². The van der Waals surface area contributed by atoms with Crippen molar-refractivity contribution >= 4 is 11.6 Å². The van der Waals surface area contributed by atoms with Crippen molar-refractivity contribution in [3.63, 3.8) is 0 Å². The van der Waals surface area contributed by atoms with Gasteiger partial charge in [0.1, 0.15) is 0 Å². The number of rotatable bonds is 6. The summed E-state index contributed by atoms with van der Waals surface area (Å²) < 4.78 is 0. The van der Waals surface area contributed by atoms with Crippen LogP contribution in [-0.2, 0) is 0 Å². The van der Waals surface area contributed by atoms with Gasteiger partial charge in [0.05, 0.1) is 0 Å². The Balaban J connectivity index is 2.56. The number of hydrogen-bond donors (Lipinski definition) is 2. The summed E-state index contributed by atoms with van der Waals surface area (Å²) in [7, 11) is 3.91. The lowest BCUT2D eigenvalue weighted by Crippen LogP contribution is -2.38. The minimum Gasteiger partial charge on any atom is -0.378 e. The fourth-order valence-electron chi connectivity index (χ4n) is 1.94. The molecule has 106 valence electrons. The zero-order chi connectivity index (χ0) is 14.4. The number of nitrogens with two attached hydrogens (primary N) is 1. The molecule has 0 spiro atoms. The molecule has 0 aliphatic carbocycles. The van der Waals surface area contributed by atoms with Crippen LogP contribution in [0.3, 0.4) is 0 Å². The zero-order valence-corrected chi connectivity index (χ0v) is 12.3. The van der Waals surface area contributed by atoms with Gasteiger partial charge in [0.2, 0.25) is 0 Å². The molecule has 1 amide bonds. The van der Waals surface area contributed by atoms with Gasteiger partial charge >= 0.3 is 0 Å². The van der Waals surface area contributed by atoms with Gasteiger partial charge < -0.3 is 16.0 Å².